The minimum absolute atomic E-state index is 0. The summed E-state index contributed by atoms with van der Waals surface area (Å²) in [6, 6.07) is 19.2. The topological polar surface area (TPSA) is 114 Å². The Morgan fingerprint density at radius 1 is 0.895 bits per heavy atom. The Kier molecular flexibility index (Phi) is 17.0. The van der Waals surface area contributed by atoms with Crippen LogP contribution in [-0.4, -0.2) is 41.7 Å². The summed E-state index contributed by atoms with van der Waals surface area (Å²) in [6.45, 7) is 8.40. The Hall–Kier alpha value is -3.52. The van der Waals surface area contributed by atoms with Gasteiger partial charge in [-0.2, -0.15) is 0 Å². The monoisotopic (exact) mass is 558 g/mol. The zero-order chi connectivity index (χ0) is 26.3. The molecule has 1 atom stereocenters. The minimum atomic E-state index is -1.09. The number of benzene rings is 2. The van der Waals surface area contributed by atoms with Crippen molar-refractivity contribution in [3.05, 3.63) is 101 Å². The summed E-state index contributed by atoms with van der Waals surface area (Å²) < 4.78 is 0. The number of halogens is 2. The predicted molar refractivity (Wildman–Crippen MR) is 159 cm³/mol. The van der Waals surface area contributed by atoms with Gasteiger partial charge in [-0.25, -0.2) is 0 Å². The third-order valence-electron chi connectivity index (χ3n) is 5.24. The van der Waals surface area contributed by atoms with Crippen LogP contribution in [0.15, 0.2) is 72.9 Å². The highest BCUT2D eigenvalue weighted by molar-refractivity contribution is 6.38. The molecule has 9 heteroatoms. The fourth-order valence-corrected chi connectivity index (χ4v) is 3.31. The van der Waals surface area contributed by atoms with E-state index >= 15 is 0 Å². The third kappa shape index (κ3) is 11.7. The van der Waals surface area contributed by atoms with Gasteiger partial charge >= 0.3 is 0 Å². The van der Waals surface area contributed by atoms with E-state index in [4.69, 9.17) is 5.73 Å². The van der Waals surface area contributed by atoms with Crippen molar-refractivity contribution in [1.29, 1.82) is 0 Å². The summed E-state index contributed by atoms with van der Waals surface area (Å²) >= 11 is 0. The highest BCUT2D eigenvalue weighted by Crippen LogP contribution is 2.13. The van der Waals surface area contributed by atoms with Crippen molar-refractivity contribution in [2.24, 2.45) is 5.73 Å². The largest absolute Gasteiger partial charge is 0.363 e. The third-order valence-corrected chi connectivity index (χ3v) is 5.24. The van der Waals surface area contributed by atoms with Crippen LogP contribution in [0.3, 0.4) is 0 Å². The molecule has 2 aromatic carbocycles. The number of nitrogens with one attached hydrogen (secondary N) is 2. The van der Waals surface area contributed by atoms with Gasteiger partial charge in [-0.1, -0.05) is 80.1 Å². The first kappa shape index (κ1) is 34.5. The van der Waals surface area contributed by atoms with Crippen LogP contribution in [0.2, 0.25) is 0 Å². The summed E-state index contributed by atoms with van der Waals surface area (Å²) in [7, 11) is 0. The van der Waals surface area contributed by atoms with Gasteiger partial charge in [-0.3, -0.25) is 19.4 Å². The number of Topliss-reactive ketones (excluding diaryl/α,β-unsaturated/α-hetero) is 1. The van der Waals surface area contributed by atoms with E-state index in [1.165, 1.54) is 0 Å². The van der Waals surface area contributed by atoms with Crippen molar-refractivity contribution < 1.29 is 14.4 Å². The molecule has 0 aliphatic heterocycles. The quantitative estimate of drug-likeness (QED) is 0.319. The molecule has 38 heavy (non-hydrogen) atoms. The number of rotatable bonds is 10. The number of nitrogens with zero attached hydrogens (tertiary/aromatic N) is 1. The molecule has 0 radical (unpaired) electrons. The number of nitrogens with two attached hydrogens (primary N) is 1. The van der Waals surface area contributed by atoms with E-state index in [2.05, 4.69) is 29.5 Å². The van der Waals surface area contributed by atoms with Crippen LogP contribution in [0.25, 0.3) is 12.2 Å². The molecule has 0 aliphatic rings. The van der Waals surface area contributed by atoms with Gasteiger partial charge in [0.1, 0.15) is 6.04 Å². The molecule has 0 bridgehead atoms. The van der Waals surface area contributed by atoms with E-state index < -0.39 is 23.6 Å². The number of carbonyl (C=O) groups is 3. The Labute approximate surface area is 237 Å². The van der Waals surface area contributed by atoms with Gasteiger partial charge in [0, 0.05) is 12.6 Å². The van der Waals surface area contributed by atoms with Crippen LogP contribution in [0.4, 0.5) is 0 Å². The minimum Gasteiger partial charge on any atom is -0.363 e. The number of amides is 2. The number of hydrogen-bond acceptors (Lipinski definition) is 5. The van der Waals surface area contributed by atoms with Crippen molar-refractivity contribution in [3.63, 3.8) is 0 Å². The zero-order valence-electron chi connectivity index (χ0n) is 21.8. The van der Waals surface area contributed by atoms with Crippen LogP contribution in [0.5, 0.6) is 0 Å². The van der Waals surface area contributed by atoms with Gasteiger partial charge in [-0.05, 0) is 49.3 Å². The Balaban J connectivity index is 0.00000179. The second kappa shape index (κ2) is 18.7. The van der Waals surface area contributed by atoms with Gasteiger partial charge in [0.25, 0.3) is 11.8 Å². The van der Waals surface area contributed by atoms with E-state index in [0.717, 1.165) is 29.8 Å². The first-order valence-electron chi connectivity index (χ1n) is 11.9. The van der Waals surface area contributed by atoms with Crippen LogP contribution in [-0.2, 0) is 16.0 Å². The number of carbonyl (C=O) groups excluding carboxylic acids is 3. The van der Waals surface area contributed by atoms with Gasteiger partial charge in [0.15, 0.2) is 0 Å². The van der Waals surface area contributed by atoms with Crippen LogP contribution < -0.4 is 16.4 Å². The normalized spacial score (nSPS) is 10.7. The number of pyridine rings is 1. The fourth-order valence-electron chi connectivity index (χ4n) is 3.31. The lowest BCUT2D eigenvalue weighted by atomic mass is 10.0. The number of primary amides is 1. The van der Waals surface area contributed by atoms with E-state index in [0.29, 0.717) is 11.3 Å². The lowest BCUT2D eigenvalue weighted by molar-refractivity contribution is -0.137. The average molecular weight is 560 g/mol. The van der Waals surface area contributed by atoms with E-state index in [9.17, 15) is 14.4 Å². The molecule has 1 aromatic heterocycles. The molecular weight excluding hydrogens is 523 g/mol. The molecule has 3 rings (SSSR count). The average Bonchev–Trinajstić information content (AvgIpc) is 2.89. The molecule has 1 unspecified atom stereocenters. The van der Waals surface area contributed by atoms with E-state index in [1.807, 2.05) is 67.6 Å². The maximum Gasteiger partial charge on any atom is 0.287 e. The maximum atomic E-state index is 13.0. The predicted octanol–water partition coefficient (Wildman–Crippen LogP) is 4.42. The molecule has 2 amide bonds. The molecule has 0 aliphatic carbocycles. The summed E-state index contributed by atoms with van der Waals surface area (Å²) in [6.07, 6.45) is 5.33. The molecule has 1 heterocycles. The van der Waals surface area contributed by atoms with Gasteiger partial charge in [0.2, 0.25) is 5.78 Å². The lowest BCUT2D eigenvalue weighted by Gasteiger charge is -2.17. The standard InChI is InChI=1S/C25H23N3O3.C4H11N.2ClH/c1-17-9-11-18(12-10-17)13-14-21-20(8-5-15-27-21)25(31)28-22(23(29)24(26)30)16-19-6-3-2-4-7-19;1-3-5-4-2;;/h2-15,22H,16H2,1H3,(H2,26,30)(H,28,31);5H,3-4H2,1-2H3;2*1H. The number of ketones is 1. The van der Waals surface area contributed by atoms with Crippen LogP contribution in [0, 0.1) is 6.92 Å². The molecule has 3 aromatic rings. The van der Waals surface area contributed by atoms with Crippen molar-refractivity contribution in [1.82, 2.24) is 15.6 Å². The van der Waals surface area contributed by atoms with Crippen LogP contribution in [0.1, 0.15) is 46.6 Å². The smallest absolute Gasteiger partial charge is 0.287 e. The first-order chi connectivity index (χ1) is 17.3. The summed E-state index contributed by atoms with van der Waals surface area (Å²) in [4.78, 5) is 41.1. The zero-order valence-corrected chi connectivity index (χ0v) is 23.5. The van der Waals surface area contributed by atoms with E-state index in [1.54, 1.807) is 24.4 Å². The number of hydrogen-bond donors (Lipinski definition) is 3. The molecular formula is C29H36Cl2N4O3. The Morgan fingerprint density at radius 2 is 1.53 bits per heavy atom. The van der Waals surface area contributed by atoms with E-state index in [-0.39, 0.29) is 31.2 Å². The van der Waals surface area contributed by atoms with Crippen molar-refractivity contribution in [2.75, 3.05) is 13.1 Å². The molecule has 7 nitrogen and oxygen atoms in total. The molecule has 0 spiro atoms. The summed E-state index contributed by atoms with van der Waals surface area (Å²) in [5.41, 5.74) is 8.85. The van der Waals surface area contributed by atoms with Crippen molar-refractivity contribution >= 4 is 54.6 Å². The van der Waals surface area contributed by atoms with Crippen molar-refractivity contribution in [2.45, 2.75) is 33.2 Å². The molecule has 0 saturated heterocycles. The number of aryl methyl sites for hydroxylation is 1. The molecule has 204 valence electrons. The fraction of sp³-hybridized carbons (Fsp3) is 0.241. The van der Waals surface area contributed by atoms with Gasteiger partial charge < -0.3 is 16.4 Å². The molecule has 0 saturated carbocycles. The summed E-state index contributed by atoms with van der Waals surface area (Å²) in [5.74, 6) is -2.45. The second-order valence-corrected chi connectivity index (χ2v) is 8.08. The van der Waals surface area contributed by atoms with Gasteiger partial charge in [0.05, 0.1) is 11.3 Å². The summed E-state index contributed by atoms with van der Waals surface area (Å²) in [5, 5.41) is 5.76. The number of aromatic nitrogens is 1. The molecule has 0 fully saturated rings. The van der Waals surface area contributed by atoms with Gasteiger partial charge in [-0.15, -0.1) is 24.8 Å². The van der Waals surface area contributed by atoms with Crippen molar-refractivity contribution in [3.8, 4) is 0 Å². The highest BCUT2D eigenvalue weighted by Gasteiger charge is 2.26. The molecule has 4 N–H and O–H groups in total. The highest BCUT2D eigenvalue weighted by atomic mass is 35.5. The Bertz CT molecular complexity index is 1170. The Morgan fingerprint density at radius 3 is 2.08 bits per heavy atom. The van der Waals surface area contributed by atoms with Crippen LogP contribution >= 0.6 is 24.8 Å². The maximum absolute atomic E-state index is 13.0. The second-order valence-electron chi connectivity index (χ2n) is 8.08. The lowest BCUT2D eigenvalue weighted by Crippen LogP contribution is -2.47. The SMILES string of the molecule is CCNCC.Cc1ccc(C=Cc2ncccc2C(=O)NC(Cc2ccccc2)C(=O)C(N)=O)cc1.Cl.Cl. The first-order valence-corrected chi connectivity index (χ1v) is 11.9.